The van der Waals surface area contributed by atoms with Crippen LogP contribution in [0.1, 0.15) is 6.42 Å². The van der Waals surface area contributed by atoms with Gasteiger partial charge in [-0.1, -0.05) is 0 Å². The Balaban J connectivity index is 2.18. The van der Waals surface area contributed by atoms with E-state index >= 15 is 0 Å². The number of esters is 1. The molecule has 6 nitrogen and oxygen atoms in total. The van der Waals surface area contributed by atoms with E-state index in [1.807, 2.05) is 0 Å². The number of aliphatic hydroxyl groups is 3. The Morgan fingerprint density at radius 1 is 1.50 bits per heavy atom. The number of ether oxygens (including phenoxy) is 2. The summed E-state index contributed by atoms with van der Waals surface area (Å²) in [5.41, 5.74) is -1.16. The minimum absolute atomic E-state index is 0.0689. The van der Waals surface area contributed by atoms with Crippen molar-refractivity contribution in [2.75, 3.05) is 13.2 Å². The smallest absolute Gasteiger partial charge is 0.309 e. The molecule has 4 atom stereocenters. The predicted molar refractivity (Wildman–Crippen MR) is 42.3 cm³/mol. The van der Waals surface area contributed by atoms with E-state index in [-0.39, 0.29) is 13.0 Å². The molecule has 0 aromatic carbocycles. The fourth-order valence-corrected chi connectivity index (χ4v) is 1.92. The summed E-state index contributed by atoms with van der Waals surface area (Å²) in [6, 6.07) is 0. The second kappa shape index (κ2) is 3.16. The van der Waals surface area contributed by atoms with Gasteiger partial charge in [0.2, 0.25) is 0 Å². The molecule has 0 saturated carbocycles. The molecule has 0 bridgehead atoms. The van der Waals surface area contributed by atoms with Crippen LogP contribution in [0, 0.1) is 0 Å². The second-order valence-electron chi connectivity index (χ2n) is 3.68. The van der Waals surface area contributed by atoms with Gasteiger partial charge >= 0.3 is 5.97 Å². The third-order valence-corrected chi connectivity index (χ3v) is 2.73. The van der Waals surface area contributed by atoms with Crippen molar-refractivity contribution in [2.45, 2.75) is 30.3 Å². The maximum Gasteiger partial charge on any atom is 0.309 e. The molecule has 2 aliphatic rings. The number of carbonyl (C=O) groups is 1. The SMILES string of the molecule is O=C1C[C@@]2(CO1)O[C@H](CO)[C@@H](O)[C@@H]2O. The number of carbonyl (C=O) groups excluding carboxylic acids is 1. The Kier molecular flexibility index (Phi) is 2.23. The van der Waals surface area contributed by atoms with Crippen LogP contribution < -0.4 is 0 Å². The van der Waals surface area contributed by atoms with Gasteiger partial charge in [-0.05, 0) is 0 Å². The lowest BCUT2D eigenvalue weighted by Crippen LogP contribution is -2.43. The van der Waals surface area contributed by atoms with Crippen LogP contribution in [0.15, 0.2) is 0 Å². The maximum absolute atomic E-state index is 10.9. The molecule has 2 rings (SSSR count). The predicted octanol–water partition coefficient (Wildman–Crippen LogP) is -2.21. The molecular weight excluding hydrogens is 192 g/mol. The van der Waals surface area contributed by atoms with Gasteiger partial charge in [0, 0.05) is 0 Å². The summed E-state index contributed by atoms with van der Waals surface area (Å²) in [6.07, 6.45) is -3.29. The number of cyclic esters (lactones) is 1. The summed E-state index contributed by atoms with van der Waals surface area (Å²) in [5, 5.41) is 28.0. The summed E-state index contributed by atoms with van der Waals surface area (Å²) in [7, 11) is 0. The minimum Gasteiger partial charge on any atom is -0.462 e. The lowest BCUT2D eigenvalue weighted by Gasteiger charge is -2.22. The monoisotopic (exact) mass is 204 g/mol. The topological polar surface area (TPSA) is 96.2 Å². The fourth-order valence-electron chi connectivity index (χ4n) is 1.92. The van der Waals surface area contributed by atoms with E-state index < -0.39 is 36.5 Å². The molecule has 0 aromatic heterocycles. The molecule has 2 fully saturated rings. The van der Waals surface area contributed by atoms with E-state index in [0.29, 0.717) is 0 Å². The van der Waals surface area contributed by atoms with Crippen molar-refractivity contribution in [1.29, 1.82) is 0 Å². The summed E-state index contributed by atoms with van der Waals surface area (Å²) < 4.78 is 9.94. The Hall–Kier alpha value is -0.690. The second-order valence-corrected chi connectivity index (χ2v) is 3.68. The normalized spacial score (nSPS) is 47.4. The third-order valence-electron chi connectivity index (χ3n) is 2.73. The van der Waals surface area contributed by atoms with E-state index in [2.05, 4.69) is 4.74 Å². The average Bonchev–Trinajstić information content (AvgIpc) is 2.64. The first-order valence-electron chi connectivity index (χ1n) is 4.39. The zero-order valence-electron chi connectivity index (χ0n) is 7.42. The Morgan fingerprint density at radius 2 is 2.21 bits per heavy atom. The highest BCUT2D eigenvalue weighted by atomic mass is 16.6. The average molecular weight is 204 g/mol. The van der Waals surface area contributed by atoms with Gasteiger partial charge in [0.1, 0.15) is 30.5 Å². The van der Waals surface area contributed by atoms with Crippen molar-refractivity contribution < 1.29 is 29.6 Å². The van der Waals surface area contributed by atoms with Gasteiger partial charge in [0.05, 0.1) is 13.0 Å². The van der Waals surface area contributed by atoms with Crippen molar-refractivity contribution in [3.63, 3.8) is 0 Å². The number of hydrogen-bond donors (Lipinski definition) is 3. The lowest BCUT2D eigenvalue weighted by molar-refractivity contribution is -0.138. The van der Waals surface area contributed by atoms with Crippen molar-refractivity contribution in [1.82, 2.24) is 0 Å². The molecule has 0 amide bonds. The molecule has 1 spiro atoms. The fraction of sp³-hybridized carbons (Fsp3) is 0.875. The molecular formula is C8H12O6. The molecule has 2 saturated heterocycles. The quantitative estimate of drug-likeness (QED) is 0.419. The standard InChI is InChI=1S/C8H12O6/c9-2-4-6(11)7(12)8(14-4)1-5(10)13-3-8/h4,6-7,9,11-12H,1-3H2/t4-,6-,7+,8+/m1/s1. The van der Waals surface area contributed by atoms with Crippen LogP contribution in [-0.2, 0) is 14.3 Å². The molecule has 0 unspecified atom stereocenters. The van der Waals surface area contributed by atoms with E-state index in [9.17, 15) is 15.0 Å². The summed E-state index contributed by atoms with van der Waals surface area (Å²) in [6.45, 7) is -0.464. The van der Waals surface area contributed by atoms with Crippen LogP contribution >= 0.6 is 0 Å². The van der Waals surface area contributed by atoms with Crippen molar-refractivity contribution in [3.05, 3.63) is 0 Å². The third kappa shape index (κ3) is 1.23. The molecule has 0 radical (unpaired) electrons. The number of hydrogen-bond acceptors (Lipinski definition) is 6. The Labute approximate surface area is 80.1 Å². The van der Waals surface area contributed by atoms with Crippen LogP contribution in [0.25, 0.3) is 0 Å². The van der Waals surface area contributed by atoms with Gasteiger partial charge in [-0.15, -0.1) is 0 Å². The Bertz CT molecular complexity index is 254. The zero-order valence-corrected chi connectivity index (χ0v) is 7.42. The molecule has 2 heterocycles. The molecule has 0 aliphatic carbocycles. The summed E-state index contributed by atoms with van der Waals surface area (Å²) in [4.78, 5) is 10.9. The minimum atomic E-state index is -1.19. The van der Waals surface area contributed by atoms with Crippen molar-refractivity contribution in [2.24, 2.45) is 0 Å². The van der Waals surface area contributed by atoms with Gasteiger partial charge in [-0.25, -0.2) is 0 Å². The summed E-state index contributed by atoms with van der Waals surface area (Å²) in [5.74, 6) is -0.463. The number of rotatable bonds is 1. The first-order valence-corrected chi connectivity index (χ1v) is 4.39. The van der Waals surface area contributed by atoms with Crippen molar-refractivity contribution >= 4 is 5.97 Å². The Morgan fingerprint density at radius 3 is 2.64 bits per heavy atom. The molecule has 80 valence electrons. The first-order chi connectivity index (χ1) is 6.59. The highest BCUT2D eigenvalue weighted by molar-refractivity contribution is 5.73. The van der Waals surface area contributed by atoms with Gasteiger partial charge in [-0.3, -0.25) is 4.79 Å². The van der Waals surface area contributed by atoms with Crippen LogP contribution in [0.3, 0.4) is 0 Å². The lowest BCUT2D eigenvalue weighted by atomic mass is 9.94. The van der Waals surface area contributed by atoms with Gasteiger partial charge in [0.15, 0.2) is 0 Å². The van der Waals surface area contributed by atoms with E-state index in [0.717, 1.165) is 0 Å². The van der Waals surface area contributed by atoms with Crippen LogP contribution in [0.4, 0.5) is 0 Å². The summed E-state index contributed by atoms with van der Waals surface area (Å²) >= 11 is 0. The molecule has 14 heavy (non-hydrogen) atoms. The van der Waals surface area contributed by atoms with Gasteiger partial charge < -0.3 is 24.8 Å². The van der Waals surface area contributed by atoms with Crippen molar-refractivity contribution in [3.8, 4) is 0 Å². The zero-order chi connectivity index (χ0) is 10.3. The molecule has 6 heteroatoms. The maximum atomic E-state index is 10.9. The van der Waals surface area contributed by atoms with Crippen LogP contribution in [0.5, 0.6) is 0 Å². The van der Waals surface area contributed by atoms with E-state index in [4.69, 9.17) is 9.84 Å². The largest absolute Gasteiger partial charge is 0.462 e. The molecule has 2 aliphatic heterocycles. The van der Waals surface area contributed by atoms with Crippen LogP contribution in [-0.4, -0.2) is 58.4 Å². The van der Waals surface area contributed by atoms with E-state index in [1.165, 1.54) is 0 Å². The highest BCUT2D eigenvalue weighted by Crippen LogP contribution is 2.37. The first kappa shape index (κ1) is 9.85. The van der Waals surface area contributed by atoms with Gasteiger partial charge in [-0.2, -0.15) is 0 Å². The van der Waals surface area contributed by atoms with Crippen LogP contribution in [0.2, 0.25) is 0 Å². The molecule has 3 N–H and O–H groups in total. The van der Waals surface area contributed by atoms with Gasteiger partial charge in [0.25, 0.3) is 0 Å². The molecule has 0 aromatic rings. The number of aliphatic hydroxyl groups excluding tert-OH is 3. The van der Waals surface area contributed by atoms with E-state index in [1.54, 1.807) is 0 Å². The highest BCUT2D eigenvalue weighted by Gasteiger charge is 2.58.